The van der Waals surface area contributed by atoms with Gasteiger partial charge in [-0.15, -0.1) is 11.3 Å². The van der Waals surface area contributed by atoms with Gasteiger partial charge in [0.25, 0.3) is 5.91 Å². The lowest BCUT2D eigenvalue weighted by Crippen LogP contribution is -2.32. The number of nitrogens with two attached hydrogens (primary N) is 1. The van der Waals surface area contributed by atoms with Gasteiger partial charge in [-0.1, -0.05) is 44.2 Å². The number of nitrogens with zero attached hydrogens (tertiary/aromatic N) is 1. The lowest BCUT2D eigenvalue weighted by molar-refractivity contribution is 0.0921. The second-order valence-corrected chi connectivity index (χ2v) is 6.36. The van der Waals surface area contributed by atoms with Crippen LogP contribution in [-0.4, -0.2) is 10.9 Å². The van der Waals surface area contributed by atoms with Crippen LogP contribution in [0.4, 0.5) is 0 Å². The van der Waals surface area contributed by atoms with Gasteiger partial charge >= 0.3 is 0 Å². The fourth-order valence-electron chi connectivity index (χ4n) is 2.11. The number of benzene rings is 1. The van der Waals surface area contributed by atoms with Crippen LogP contribution >= 0.6 is 11.3 Å². The molecule has 0 spiro atoms. The van der Waals surface area contributed by atoms with Crippen LogP contribution in [0.25, 0.3) is 0 Å². The molecular formula is C16H21N3OS. The van der Waals surface area contributed by atoms with Crippen molar-refractivity contribution in [2.24, 2.45) is 11.7 Å². The van der Waals surface area contributed by atoms with E-state index in [1.54, 1.807) is 5.38 Å². The number of carbonyl (C=O) groups is 1. The van der Waals surface area contributed by atoms with E-state index in [0.29, 0.717) is 11.6 Å². The van der Waals surface area contributed by atoms with Gasteiger partial charge in [0.05, 0.1) is 12.1 Å². The summed E-state index contributed by atoms with van der Waals surface area (Å²) in [6, 6.07) is 9.81. The zero-order valence-electron chi connectivity index (χ0n) is 12.5. The lowest BCUT2D eigenvalue weighted by Gasteiger charge is -2.22. The van der Waals surface area contributed by atoms with Crippen molar-refractivity contribution in [3.63, 3.8) is 0 Å². The molecule has 1 amide bonds. The number of rotatable bonds is 5. The van der Waals surface area contributed by atoms with Crippen LogP contribution in [-0.2, 0) is 0 Å². The highest BCUT2D eigenvalue weighted by Gasteiger charge is 2.20. The molecule has 2 rings (SSSR count). The SMILES string of the molecule is CC(N)c1nc(C(=O)NC(c2ccccc2)C(C)C)cs1. The summed E-state index contributed by atoms with van der Waals surface area (Å²) >= 11 is 1.42. The smallest absolute Gasteiger partial charge is 0.271 e. The highest BCUT2D eigenvalue weighted by atomic mass is 32.1. The number of aromatic nitrogens is 1. The van der Waals surface area contributed by atoms with E-state index in [4.69, 9.17) is 5.73 Å². The minimum absolute atomic E-state index is 0.0286. The standard InChI is InChI=1S/C16H21N3OS/c1-10(2)14(12-7-5-4-6-8-12)19-15(20)13-9-21-16(18-13)11(3)17/h4-11,14H,17H2,1-3H3,(H,19,20). The van der Waals surface area contributed by atoms with Crippen molar-refractivity contribution in [3.8, 4) is 0 Å². The molecule has 5 heteroatoms. The van der Waals surface area contributed by atoms with Crippen LogP contribution in [0.1, 0.15) is 53.9 Å². The molecule has 0 aliphatic carbocycles. The summed E-state index contributed by atoms with van der Waals surface area (Å²) in [5.74, 6) is 0.142. The Kier molecular flexibility index (Phi) is 5.09. The maximum Gasteiger partial charge on any atom is 0.271 e. The number of nitrogens with one attached hydrogen (secondary N) is 1. The van der Waals surface area contributed by atoms with Gasteiger partial charge in [-0.05, 0) is 18.4 Å². The number of hydrogen-bond acceptors (Lipinski definition) is 4. The minimum atomic E-state index is -0.152. The van der Waals surface area contributed by atoms with Gasteiger partial charge in [-0.25, -0.2) is 4.98 Å². The number of thiazole rings is 1. The van der Waals surface area contributed by atoms with E-state index in [1.807, 2.05) is 37.3 Å². The van der Waals surface area contributed by atoms with E-state index in [9.17, 15) is 4.79 Å². The number of amides is 1. The topological polar surface area (TPSA) is 68.0 Å². The molecule has 0 radical (unpaired) electrons. The molecule has 1 aromatic carbocycles. The van der Waals surface area contributed by atoms with Gasteiger partial charge in [-0.2, -0.15) is 0 Å². The molecule has 3 N–H and O–H groups in total. The van der Waals surface area contributed by atoms with E-state index in [0.717, 1.165) is 10.6 Å². The van der Waals surface area contributed by atoms with Crippen molar-refractivity contribution in [2.45, 2.75) is 32.9 Å². The molecule has 2 unspecified atom stereocenters. The Balaban J connectivity index is 2.15. The third-order valence-corrected chi connectivity index (χ3v) is 4.30. The monoisotopic (exact) mass is 303 g/mol. The van der Waals surface area contributed by atoms with E-state index in [2.05, 4.69) is 24.1 Å². The molecule has 0 aliphatic rings. The summed E-state index contributed by atoms with van der Waals surface area (Å²) < 4.78 is 0. The Morgan fingerprint density at radius 2 is 1.90 bits per heavy atom. The summed E-state index contributed by atoms with van der Waals surface area (Å²) in [6.07, 6.45) is 0. The van der Waals surface area contributed by atoms with E-state index < -0.39 is 0 Å². The van der Waals surface area contributed by atoms with Crippen LogP contribution in [0, 0.1) is 5.92 Å². The highest BCUT2D eigenvalue weighted by molar-refractivity contribution is 7.09. The van der Waals surface area contributed by atoms with E-state index >= 15 is 0 Å². The molecule has 2 aromatic rings. The van der Waals surface area contributed by atoms with Crippen molar-refractivity contribution >= 4 is 17.2 Å². The van der Waals surface area contributed by atoms with Crippen molar-refractivity contribution < 1.29 is 4.79 Å². The second-order valence-electron chi connectivity index (χ2n) is 5.47. The molecule has 1 aromatic heterocycles. The van der Waals surface area contributed by atoms with Crippen LogP contribution in [0.15, 0.2) is 35.7 Å². The minimum Gasteiger partial charge on any atom is -0.344 e. The predicted octanol–water partition coefficient (Wildman–Crippen LogP) is 3.29. The summed E-state index contributed by atoms with van der Waals surface area (Å²) in [5, 5.41) is 5.60. The van der Waals surface area contributed by atoms with Crippen molar-refractivity contribution in [1.82, 2.24) is 10.3 Å². The summed E-state index contributed by atoms with van der Waals surface area (Å²) in [6.45, 7) is 6.04. The summed E-state index contributed by atoms with van der Waals surface area (Å²) in [5.41, 5.74) is 7.32. The van der Waals surface area contributed by atoms with Gasteiger partial charge in [0.2, 0.25) is 0 Å². The molecule has 1 heterocycles. The molecule has 0 saturated carbocycles. The largest absolute Gasteiger partial charge is 0.344 e. The summed E-state index contributed by atoms with van der Waals surface area (Å²) in [7, 11) is 0. The fraction of sp³-hybridized carbons (Fsp3) is 0.375. The zero-order chi connectivity index (χ0) is 15.4. The second kappa shape index (κ2) is 6.83. The van der Waals surface area contributed by atoms with Crippen LogP contribution < -0.4 is 11.1 Å². The molecular weight excluding hydrogens is 282 g/mol. The first-order valence-corrected chi connectivity index (χ1v) is 7.93. The molecule has 0 saturated heterocycles. The van der Waals surface area contributed by atoms with E-state index in [-0.39, 0.29) is 18.0 Å². The van der Waals surface area contributed by atoms with Gasteiger partial charge in [0.1, 0.15) is 10.7 Å². The maximum absolute atomic E-state index is 12.4. The number of hydrogen-bond donors (Lipinski definition) is 2. The Labute approximate surface area is 129 Å². The molecule has 112 valence electrons. The first-order chi connectivity index (χ1) is 9.99. The van der Waals surface area contributed by atoms with Crippen molar-refractivity contribution in [1.29, 1.82) is 0 Å². The number of carbonyl (C=O) groups excluding carboxylic acids is 1. The van der Waals surface area contributed by atoms with Crippen LogP contribution in [0.3, 0.4) is 0 Å². The Morgan fingerprint density at radius 1 is 1.24 bits per heavy atom. The quantitative estimate of drug-likeness (QED) is 0.890. The summed E-state index contributed by atoms with van der Waals surface area (Å²) in [4.78, 5) is 16.7. The Hall–Kier alpha value is -1.72. The maximum atomic E-state index is 12.4. The molecule has 0 bridgehead atoms. The van der Waals surface area contributed by atoms with Crippen molar-refractivity contribution in [3.05, 3.63) is 52.0 Å². The van der Waals surface area contributed by atoms with Gasteiger partial charge in [-0.3, -0.25) is 4.79 Å². The average molecular weight is 303 g/mol. The highest BCUT2D eigenvalue weighted by Crippen LogP contribution is 2.22. The van der Waals surface area contributed by atoms with Gasteiger partial charge in [0, 0.05) is 5.38 Å². The fourth-order valence-corrected chi connectivity index (χ4v) is 2.87. The Morgan fingerprint density at radius 3 is 2.43 bits per heavy atom. The molecule has 21 heavy (non-hydrogen) atoms. The Bertz CT molecular complexity index is 593. The van der Waals surface area contributed by atoms with E-state index in [1.165, 1.54) is 11.3 Å². The first-order valence-electron chi connectivity index (χ1n) is 7.06. The molecule has 4 nitrogen and oxygen atoms in total. The average Bonchev–Trinajstić information content (AvgIpc) is 2.95. The van der Waals surface area contributed by atoms with Crippen LogP contribution in [0.2, 0.25) is 0 Å². The third-order valence-electron chi connectivity index (χ3n) is 3.26. The lowest BCUT2D eigenvalue weighted by atomic mass is 9.96. The predicted molar refractivity (Wildman–Crippen MR) is 86.2 cm³/mol. The zero-order valence-corrected chi connectivity index (χ0v) is 13.4. The van der Waals surface area contributed by atoms with Crippen molar-refractivity contribution in [2.75, 3.05) is 0 Å². The normalized spacial score (nSPS) is 14.0. The van der Waals surface area contributed by atoms with Gasteiger partial charge in [0.15, 0.2) is 0 Å². The molecule has 0 fully saturated rings. The van der Waals surface area contributed by atoms with Gasteiger partial charge < -0.3 is 11.1 Å². The first kappa shape index (κ1) is 15.7. The molecule has 0 aliphatic heterocycles. The molecule has 2 atom stereocenters. The third kappa shape index (κ3) is 3.89. The van der Waals surface area contributed by atoms with Crippen LogP contribution in [0.5, 0.6) is 0 Å².